The molecule has 0 bridgehead atoms. The second-order valence-corrected chi connectivity index (χ2v) is 12.0. The number of hydrogen-bond acceptors (Lipinski definition) is 8. The third-order valence-electron chi connectivity index (χ3n) is 9.15. The van der Waals surface area contributed by atoms with Crippen LogP contribution in [0.15, 0.2) is 36.4 Å². The van der Waals surface area contributed by atoms with Crippen molar-refractivity contribution in [2.75, 3.05) is 5.32 Å². The number of hydrogen-bond donors (Lipinski definition) is 4. The van der Waals surface area contributed by atoms with E-state index < -0.39 is 70.1 Å². The van der Waals surface area contributed by atoms with Crippen molar-refractivity contribution in [3.8, 4) is 16.9 Å². The summed E-state index contributed by atoms with van der Waals surface area (Å²) >= 11 is 0. The fourth-order valence-electron chi connectivity index (χ4n) is 7.31. The van der Waals surface area contributed by atoms with E-state index in [4.69, 9.17) is 5.73 Å². The van der Waals surface area contributed by atoms with E-state index in [0.717, 1.165) is 5.56 Å². The van der Waals surface area contributed by atoms with Crippen molar-refractivity contribution >= 4 is 40.6 Å². The molecule has 6 atom stereocenters. The van der Waals surface area contributed by atoms with Gasteiger partial charge in [0.1, 0.15) is 5.75 Å². The summed E-state index contributed by atoms with van der Waals surface area (Å²) in [4.78, 5) is 78.7. The Bertz CT molecular complexity index is 1530. The minimum absolute atomic E-state index is 0.0153. The van der Waals surface area contributed by atoms with Crippen LogP contribution in [0, 0.1) is 35.5 Å². The van der Waals surface area contributed by atoms with Crippen LogP contribution >= 0.6 is 0 Å². The number of Topliss-reactive ketones (excluding diaryl/α,β-unsaturated/α-hetero) is 4. The third kappa shape index (κ3) is 4.36. The normalized spacial score (nSPS) is 28.6. The average molecular weight is 575 g/mol. The smallest absolute Gasteiger partial charge is 0.235 e. The lowest BCUT2D eigenvalue weighted by Gasteiger charge is -2.52. The van der Waals surface area contributed by atoms with Gasteiger partial charge in [0.05, 0.1) is 11.5 Å². The first-order valence-corrected chi connectivity index (χ1v) is 14.3. The summed E-state index contributed by atoms with van der Waals surface area (Å²) in [6.45, 7) is 5.33. The number of anilines is 1. The standard InChI is InChI=1S/C32H34N2O8/c1-4-5-22(36)34-17-8-6-15(7-9-17)18-10-11-21(35)25-19(18)12-16-13-20-23(14(2)3)27(37)26(31(33)41)30(40)32(20,42)29(39)24(16)28(25)38/h6-11,14,16,20,23-24,26,35,42H,4-5,12-13H2,1-3H3,(H2,33,41)(H,34,36)/t16-,20-,23-,24?,26?,32-/m0/s1. The maximum atomic E-state index is 14.0. The number of rotatable bonds is 6. The molecular weight excluding hydrogens is 540 g/mol. The second kappa shape index (κ2) is 10.6. The van der Waals surface area contributed by atoms with Crippen LogP contribution in [-0.2, 0) is 30.4 Å². The van der Waals surface area contributed by atoms with Crippen molar-refractivity contribution in [1.29, 1.82) is 0 Å². The number of benzene rings is 2. The maximum absolute atomic E-state index is 14.0. The number of aliphatic hydroxyl groups is 1. The van der Waals surface area contributed by atoms with Gasteiger partial charge in [-0.3, -0.25) is 28.8 Å². The van der Waals surface area contributed by atoms with Crippen molar-refractivity contribution in [1.82, 2.24) is 0 Å². The van der Waals surface area contributed by atoms with Gasteiger partial charge in [0.25, 0.3) is 0 Å². The van der Waals surface area contributed by atoms with Gasteiger partial charge in [0.2, 0.25) is 11.8 Å². The quantitative estimate of drug-likeness (QED) is 0.380. The number of amides is 2. The van der Waals surface area contributed by atoms with Gasteiger partial charge in [-0.1, -0.05) is 39.0 Å². The summed E-state index contributed by atoms with van der Waals surface area (Å²) < 4.78 is 0. The summed E-state index contributed by atoms with van der Waals surface area (Å²) in [5.41, 5.74) is 5.10. The highest BCUT2D eigenvalue weighted by atomic mass is 16.3. The molecule has 0 heterocycles. The average Bonchev–Trinajstić information content (AvgIpc) is 2.91. The Kier molecular flexibility index (Phi) is 7.39. The first kappa shape index (κ1) is 29.3. The molecule has 3 aliphatic carbocycles. The molecule has 3 aliphatic rings. The van der Waals surface area contributed by atoms with Gasteiger partial charge in [0, 0.05) is 23.9 Å². The van der Waals surface area contributed by atoms with Crippen molar-refractivity contribution in [2.24, 2.45) is 41.2 Å². The lowest BCUT2D eigenvalue weighted by Crippen LogP contribution is -2.71. The van der Waals surface area contributed by atoms with Crippen LogP contribution in [0.5, 0.6) is 5.75 Å². The van der Waals surface area contributed by atoms with E-state index >= 15 is 0 Å². The molecule has 220 valence electrons. The van der Waals surface area contributed by atoms with Crippen LogP contribution in [0.25, 0.3) is 11.1 Å². The number of primary amides is 1. The van der Waals surface area contributed by atoms with Crippen molar-refractivity contribution in [3.05, 3.63) is 47.5 Å². The fraction of sp³-hybridized carbons (Fsp3) is 0.438. The Morgan fingerprint density at radius 2 is 1.71 bits per heavy atom. The second-order valence-electron chi connectivity index (χ2n) is 12.0. The molecule has 0 saturated heterocycles. The zero-order valence-electron chi connectivity index (χ0n) is 23.7. The Labute approximate surface area is 242 Å². The van der Waals surface area contributed by atoms with E-state index in [2.05, 4.69) is 5.32 Å². The van der Waals surface area contributed by atoms with Crippen LogP contribution < -0.4 is 11.1 Å². The van der Waals surface area contributed by atoms with Gasteiger partial charge in [0.15, 0.2) is 34.7 Å². The number of phenolic OH excluding ortho intramolecular Hbond substituents is 1. The number of ketones is 4. The first-order chi connectivity index (χ1) is 19.8. The Morgan fingerprint density at radius 3 is 2.31 bits per heavy atom. The SMILES string of the molecule is CCCC(=O)Nc1ccc(-c2ccc(O)c3c2C[C@H]2C[C@H]4[C@H](C(C)C)C(=O)C(C(N)=O)C(=O)[C@@]4(O)C(=O)C2C3=O)cc1. The summed E-state index contributed by atoms with van der Waals surface area (Å²) in [6, 6.07) is 10.1. The molecule has 5 rings (SSSR count). The molecule has 2 unspecified atom stereocenters. The zero-order chi connectivity index (χ0) is 30.7. The van der Waals surface area contributed by atoms with Gasteiger partial charge in [-0.25, -0.2) is 0 Å². The molecule has 0 radical (unpaired) electrons. The van der Waals surface area contributed by atoms with Gasteiger partial charge in [-0.15, -0.1) is 0 Å². The van der Waals surface area contributed by atoms with E-state index in [1.165, 1.54) is 6.07 Å². The van der Waals surface area contributed by atoms with E-state index in [1.54, 1.807) is 44.2 Å². The molecule has 2 aromatic carbocycles. The van der Waals surface area contributed by atoms with Crippen molar-refractivity contribution in [2.45, 2.75) is 52.1 Å². The number of nitrogens with two attached hydrogens (primary N) is 1. The van der Waals surface area contributed by atoms with Crippen molar-refractivity contribution < 1.29 is 39.0 Å². The minimum Gasteiger partial charge on any atom is -0.507 e. The molecule has 0 aromatic heterocycles. The highest BCUT2D eigenvalue weighted by Gasteiger charge is 2.69. The van der Waals surface area contributed by atoms with Crippen LogP contribution in [0.2, 0.25) is 0 Å². The highest BCUT2D eigenvalue weighted by Crippen LogP contribution is 2.53. The van der Waals surface area contributed by atoms with E-state index in [-0.39, 0.29) is 30.1 Å². The molecule has 0 aliphatic heterocycles. The Balaban J connectivity index is 1.56. The molecule has 10 nitrogen and oxygen atoms in total. The Hall–Kier alpha value is -4.18. The predicted molar refractivity (Wildman–Crippen MR) is 151 cm³/mol. The number of nitrogens with one attached hydrogen (secondary N) is 1. The molecule has 2 aromatic rings. The summed E-state index contributed by atoms with van der Waals surface area (Å²) in [5, 5.41) is 25.3. The highest BCUT2D eigenvalue weighted by molar-refractivity contribution is 6.32. The summed E-state index contributed by atoms with van der Waals surface area (Å²) in [6.07, 6.45) is 1.30. The van der Waals surface area contributed by atoms with E-state index in [0.29, 0.717) is 29.7 Å². The summed E-state index contributed by atoms with van der Waals surface area (Å²) in [5.74, 6) is -12.0. The number of phenols is 1. The Morgan fingerprint density at radius 1 is 1.05 bits per heavy atom. The lowest BCUT2D eigenvalue weighted by atomic mass is 9.49. The van der Waals surface area contributed by atoms with Crippen LogP contribution in [-0.4, -0.2) is 50.8 Å². The topological polar surface area (TPSA) is 181 Å². The van der Waals surface area contributed by atoms with E-state index in [1.807, 2.05) is 6.92 Å². The van der Waals surface area contributed by atoms with Gasteiger partial charge >= 0.3 is 0 Å². The number of fused-ring (bicyclic) bond motifs is 3. The first-order valence-electron chi connectivity index (χ1n) is 14.3. The molecule has 2 saturated carbocycles. The van der Waals surface area contributed by atoms with Crippen LogP contribution in [0.4, 0.5) is 5.69 Å². The van der Waals surface area contributed by atoms with Gasteiger partial charge in [-0.05, 0) is 66.0 Å². The molecule has 0 spiro atoms. The monoisotopic (exact) mass is 574 g/mol. The molecule has 10 heteroatoms. The number of aromatic hydroxyl groups is 1. The lowest BCUT2D eigenvalue weighted by molar-refractivity contribution is -0.182. The maximum Gasteiger partial charge on any atom is 0.235 e. The van der Waals surface area contributed by atoms with Gasteiger partial charge in [-0.2, -0.15) is 0 Å². The number of carbonyl (C=O) groups excluding carboxylic acids is 6. The largest absolute Gasteiger partial charge is 0.507 e. The molecule has 2 fully saturated rings. The fourth-order valence-corrected chi connectivity index (χ4v) is 7.31. The molecule has 5 N–H and O–H groups in total. The number of carbonyl (C=O) groups is 6. The van der Waals surface area contributed by atoms with E-state index in [9.17, 15) is 39.0 Å². The minimum atomic E-state index is -2.72. The molecule has 42 heavy (non-hydrogen) atoms. The van der Waals surface area contributed by atoms with Gasteiger partial charge < -0.3 is 21.3 Å². The molecule has 2 amide bonds. The van der Waals surface area contributed by atoms with Crippen LogP contribution in [0.1, 0.15) is 56.0 Å². The third-order valence-corrected chi connectivity index (χ3v) is 9.15. The van der Waals surface area contributed by atoms with Crippen molar-refractivity contribution in [3.63, 3.8) is 0 Å². The van der Waals surface area contributed by atoms with Crippen LogP contribution in [0.3, 0.4) is 0 Å². The zero-order valence-corrected chi connectivity index (χ0v) is 23.7. The molecular formula is C32H34N2O8. The summed E-state index contributed by atoms with van der Waals surface area (Å²) in [7, 11) is 0. The predicted octanol–water partition coefficient (Wildman–Crippen LogP) is 2.61.